The molecule has 132 valence electrons. The first-order valence-electron chi connectivity index (χ1n) is 8.15. The van der Waals surface area contributed by atoms with E-state index in [0.29, 0.717) is 37.4 Å². The molecule has 0 unspecified atom stereocenters. The lowest BCUT2D eigenvalue weighted by Crippen LogP contribution is -2.45. The van der Waals surface area contributed by atoms with Gasteiger partial charge in [-0.2, -0.15) is 0 Å². The Hall–Kier alpha value is -2.32. The smallest absolute Gasteiger partial charge is 0.240 e. The average Bonchev–Trinajstić information content (AvgIpc) is 3.18. The zero-order valence-electron chi connectivity index (χ0n) is 13.3. The average molecular weight is 349 g/mol. The molecule has 0 bridgehead atoms. The van der Waals surface area contributed by atoms with Crippen molar-refractivity contribution >= 4 is 5.91 Å². The van der Waals surface area contributed by atoms with Gasteiger partial charge in [0.25, 0.3) is 0 Å². The van der Waals surface area contributed by atoms with Crippen molar-refractivity contribution in [3.8, 4) is 11.5 Å². The van der Waals surface area contributed by atoms with Gasteiger partial charge in [-0.25, -0.2) is 13.8 Å². The molecule has 2 N–H and O–H groups in total. The maximum Gasteiger partial charge on any atom is 0.240 e. The summed E-state index contributed by atoms with van der Waals surface area (Å²) in [4.78, 5) is 18.5. The molecule has 8 heteroatoms. The second kappa shape index (κ2) is 6.20. The lowest BCUT2D eigenvalue weighted by Gasteiger charge is -2.27. The molecule has 1 saturated heterocycles. The molecule has 2 atom stereocenters. The second-order valence-corrected chi connectivity index (χ2v) is 6.41. The number of halogens is 2. The molecule has 25 heavy (non-hydrogen) atoms. The Morgan fingerprint density at radius 1 is 1.32 bits per heavy atom. The predicted molar refractivity (Wildman–Crippen MR) is 83.4 cm³/mol. The molecule has 3 heterocycles. The SMILES string of the molecule is O=C([C@H]1C[C@@H](O)CN1)N1CCc2oc(-c3cc(F)cc(F)c3)nc2C1. The van der Waals surface area contributed by atoms with E-state index in [1.165, 1.54) is 0 Å². The zero-order valence-corrected chi connectivity index (χ0v) is 13.3. The number of rotatable bonds is 2. The van der Waals surface area contributed by atoms with Gasteiger partial charge in [0.1, 0.15) is 23.1 Å². The number of aliphatic hydroxyl groups is 1. The molecule has 0 radical (unpaired) electrons. The van der Waals surface area contributed by atoms with Gasteiger partial charge in [0.15, 0.2) is 0 Å². The van der Waals surface area contributed by atoms with Gasteiger partial charge in [0.2, 0.25) is 11.8 Å². The van der Waals surface area contributed by atoms with E-state index in [9.17, 15) is 18.7 Å². The first-order chi connectivity index (χ1) is 12.0. The van der Waals surface area contributed by atoms with E-state index in [2.05, 4.69) is 10.3 Å². The Morgan fingerprint density at radius 3 is 2.76 bits per heavy atom. The number of nitrogens with one attached hydrogen (secondary N) is 1. The van der Waals surface area contributed by atoms with Gasteiger partial charge in [-0.05, 0) is 18.6 Å². The van der Waals surface area contributed by atoms with Crippen LogP contribution in [0.25, 0.3) is 11.5 Å². The minimum absolute atomic E-state index is 0.0800. The minimum atomic E-state index is -0.700. The lowest BCUT2D eigenvalue weighted by molar-refractivity contribution is -0.134. The first-order valence-corrected chi connectivity index (χ1v) is 8.15. The van der Waals surface area contributed by atoms with Crippen LogP contribution in [0.1, 0.15) is 17.9 Å². The van der Waals surface area contributed by atoms with Crippen molar-refractivity contribution in [1.29, 1.82) is 0 Å². The fourth-order valence-electron chi connectivity index (χ4n) is 3.31. The highest BCUT2D eigenvalue weighted by atomic mass is 19.1. The molecule has 6 nitrogen and oxygen atoms in total. The summed E-state index contributed by atoms with van der Waals surface area (Å²) in [7, 11) is 0. The van der Waals surface area contributed by atoms with E-state index in [-0.39, 0.29) is 29.9 Å². The Kier molecular flexibility index (Phi) is 4.01. The normalized spacial score (nSPS) is 22.9. The first kappa shape index (κ1) is 16.2. The number of β-amino-alcohol motifs (C(OH)–C–C–N with tert-alkyl or cyclic N) is 1. The molecule has 0 saturated carbocycles. The number of hydrogen-bond acceptors (Lipinski definition) is 5. The second-order valence-electron chi connectivity index (χ2n) is 6.41. The summed E-state index contributed by atoms with van der Waals surface area (Å²) in [5, 5.41) is 12.6. The molecule has 1 aromatic heterocycles. The highest BCUT2D eigenvalue weighted by Gasteiger charge is 2.34. The van der Waals surface area contributed by atoms with Crippen molar-refractivity contribution in [2.45, 2.75) is 31.5 Å². The van der Waals surface area contributed by atoms with Gasteiger partial charge in [-0.1, -0.05) is 0 Å². The van der Waals surface area contributed by atoms with Crippen LogP contribution in [0.4, 0.5) is 8.78 Å². The number of benzene rings is 1. The van der Waals surface area contributed by atoms with Gasteiger partial charge in [-0.3, -0.25) is 4.79 Å². The van der Waals surface area contributed by atoms with Crippen LogP contribution in [-0.4, -0.2) is 46.1 Å². The van der Waals surface area contributed by atoms with Crippen LogP contribution in [0, 0.1) is 11.6 Å². The summed E-state index contributed by atoms with van der Waals surface area (Å²) in [6, 6.07) is 2.72. The molecule has 2 aromatic rings. The van der Waals surface area contributed by atoms with E-state index >= 15 is 0 Å². The molecule has 1 fully saturated rings. The van der Waals surface area contributed by atoms with E-state index < -0.39 is 17.7 Å². The summed E-state index contributed by atoms with van der Waals surface area (Å²) in [5.41, 5.74) is 0.822. The Bertz CT molecular complexity index is 803. The van der Waals surface area contributed by atoms with Crippen molar-refractivity contribution in [3.63, 3.8) is 0 Å². The fourth-order valence-corrected chi connectivity index (χ4v) is 3.31. The van der Waals surface area contributed by atoms with Gasteiger partial charge in [0.05, 0.1) is 18.7 Å². The van der Waals surface area contributed by atoms with Crippen LogP contribution < -0.4 is 5.32 Å². The third-order valence-corrected chi connectivity index (χ3v) is 4.55. The van der Waals surface area contributed by atoms with Crippen LogP contribution >= 0.6 is 0 Å². The Morgan fingerprint density at radius 2 is 2.08 bits per heavy atom. The van der Waals surface area contributed by atoms with E-state index in [1.807, 2.05) is 0 Å². The van der Waals surface area contributed by atoms with Crippen LogP contribution in [0.5, 0.6) is 0 Å². The number of carbonyl (C=O) groups is 1. The van der Waals surface area contributed by atoms with Crippen molar-refractivity contribution in [3.05, 3.63) is 41.3 Å². The standard InChI is InChI=1S/C17H17F2N3O3/c18-10-3-9(4-11(19)5-10)16-21-14-8-22(2-1-15(14)25-16)17(24)13-6-12(23)7-20-13/h3-5,12-13,20,23H,1-2,6-8H2/t12-,13-/m1/s1. The van der Waals surface area contributed by atoms with E-state index in [0.717, 1.165) is 18.2 Å². The van der Waals surface area contributed by atoms with Crippen LogP contribution in [0.15, 0.2) is 22.6 Å². The highest BCUT2D eigenvalue weighted by molar-refractivity contribution is 5.82. The topological polar surface area (TPSA) is 78.6 Å². The van der Waals surface area contributed by atoms with Crippen molar-refractivity contribution in [2.24, 2.45) is 0 Å². The van der Waals surface area contributed by atoms with Gasteiger partial charge < -0.3 is 19.7 Å². The van der Waals surface area contributed by atoms with Gasteiger partial charge >= 0.3 is 0 Å². The predicted octanol–water partition coefficient (Wildman–Crippen LogP) is 1.23. The highest BCUT2D eigenvalue weighted by Crippen LogP contribution is 2.28. The summed E-state index contributed by atoms with van der Waals surface area (Å²) in [6.45, 7) is 1.17. The van der Waals surface area contributed by atoms with Gasteiger partial charge in [0, 0.05) is 31.1 Å². The van der Waals surface area contributed by atoms with Crippen molar-refractivity contribution in [1.82, 2.24) is 15.2 Å². The number of amides is 1. The Balaban J connectivity index is 1.54. The summed E-state index contributed by atoms with van der Waals surface area (Å²) < 4.78 is 32.4. The molecule has 0 spiro atoms. The van der Waals surface area contributed by atoms with E-state index in [4.69, 9.17) is 4.42 Å². The number of carbonyl (C=O) groups excluding carboxylic acids is 1. The molecule has 2 aliphatic rings. The lowest BCUT2D eigenvalue weighted by atomic mass is 10.1. The molecular weight excluding hydrogens is 332 g/mol. The number of aliphatic hydroxyl groups excluding tert-OH is 1. The summed E-state index contributed by atoms with van der Waals surface area (Å²) in [5.74, 6) is -0.707. The molecule has 4 rings (SSSR count). The third kappa shape index (κ3) is 3.14. The number of nitrogens with zero attached hydrogens (tertiary/aromatic N) is 2. The maximum absolute atomic E-state index is 13.4. The number of hydrogen-bond donors (Lipinski definition) is 2. The minimum Gasteiger partial charge on any atom is -0.441 e. The molecular formula is C17H17F2N3O3. The quantitative estimate of drug-likeness (QED) is 0.853. The third-order valence-electron chi connectivity index (χ3n) is 4.55. The molecule has 1 aromatic carbocycles. The zero-order chi connectivity index (χ0) is 17.6. The molecule has 1 amide bonds. The molecule has 2 aliphatic heterocycles. The number of aromatic nitrogens is 1. The summed E-state index contributed by atoms with van der Waals surface area (Å²) >= 11 is 0. The van der Waals surface area contributed by atoms with Crippen LogP contribution in [0.3, 0.4) is 0 Å². The van der Waals surface area contributed by atoms with Crippen LogP contribution in [-0.2, 0) is 17.8 Å². The fraction of sp³-hybridized carbons (Fsp3) is 0.412. The van der Waals surface area contributed by atoms with Crippen molar-refractivity contribution in [2.75, 3.05) is 13.1 Å². The van der Waals surface area contributed by atoms with Crippen LogP contribution in [0.2, 0.25) is 0 Å². The Labute approximate surface area is 142 Å². The monoisotopic (exact) mass is 349 g/mol. The van der Waals surface area contributed by atoms with Crippen molar-refractivity contribution < 1.29 is 23.1 Å². The largest absolute Gasteiger partial charge is 0.441 e. The van der Waals surface area contributed by atoms with E-state index in [1.54, 1.807) is 4.90 Å². The number of fused-ring (bicyclic) bond motifs is 1. The number of oxazole rings is 1. The van der Waals surface area contributed by atoms with Gasteiger partial charge in [-0.15, -0.1) is 0 Å². The summed E-state index contributed by atoms with van der Waals surface area (Å²) in [6.07, 6.45) is 0.381. The molecule has 0 aliphatic carbocycles. The maximum atomic E-state index is 13.4.